The van der Waals surface area contributed by atoms with E-state index in [1.54, 1.807) is 13.0 Å². The van der Waals surface area contributed by atoms with Crippen LogP contribution >= 0.6 is 0 Å². The van der Waals surface area contributed by atoms with E-state index in [0.29, 0.717) is 18.8 Å². The zero-order valence-electron chi connectivity index (χ0n) is 9.81. The van der Waals surface area contributed by atoms with Crippen molar-refractivity contribution in [1.82, 2.24) is 0 Å². The summed E-state index contributed by atoms with van der Waals surface area (Å²) in [5.74, 6) is -0.590. The third-order valence-electron chi connectivity index (χ3n) is 2.87. The van der Waals surface area contributed by atoms with Crippen LogP contribution in [-0.2, 0) is 27.3 Å². The molecule has 1 heterocycles. The first-order valence-electron chi connectivity index (χ1n) is 5.77. The van der Waals surface area contributed by atoms with Crippen LogP contribution in [0, 0.1) is 0 Å². The van der Waals surface area contributed by atoms with E-state index in [2.05, 4.69) is 0 Å². The maximum absolute atomic E-state index is 11.5. The zero-order chi connectivity index (χ0) is 12.3. The van der Waals surface area contributed by atoms with Crippen molar-refractivity contribution in [2.75, 3.05) is 13.2 Å². The van der Waals surface area contributed by atoms with Crippen LogP contribution in [0.2, 0.25) is 0 Å². The first-order chi connectivity index (χ1) is 8.24. The Labute approximate surface area is 100 Å². The van der Waals surface area contributed by atoms with Gasteiger partial charge in [-0.15, -0.1) is 0 Å². The highest BCUT2D eigenvalue weighted by Gasteiger charge is 2.24. The summed E-state index contributed by atoms with van der Waals surface area (Å²) in [5, 5.41) is 9.96. The first-order valence-corrected chi connectivity index (χ1v) is 5.77. The van der Waals surface area contributed by atoms with Crippen molar-refractivity contribution >= 4 is 5.97 Å². The molecule has 0 spiro atoms. The van der Waals surface area contributed by atoms with Crippen LogP contribution in [0.5, 0.6) is 0 Å². The largest absolute Gasteiger partial charge is 0.464 e. The molecule has 4 heteroatoms. The third kappa shape index (κ3) is 2.48. The molecule has 0 radical (unpaired) electrons. The van der Waals surface area contributed by atoms with E-state index in [4.69, 9.17) is 9.47 Å². The number of rotatable bonds is 3. The molecule has 0 fully saturated rings. The van der Waals surface area contributed by atoms with Crippen LogP contribution in [0.4, 0.5) is 0 Å². The quantitative estimate of drug-likeness (QED) is 0.805. The monoisotopic (exact) mass is 236 g/mol. The Morgan fingerprint density at radius 2 is 2.41 bits per heavy atom. The highest BCUT2D eigenvalue weighted by atomic mass is 16.5. The molecule has 0 aromatic heterocycles. The number of carbonyl (C=O) groups excluding carboxylic acids is 1. The van der Waals surface area contributed by atoms with Crippen LogP contribution < -0.4 is 0 Å². The molecule has 4 nitrogen and oxygen atoms in total. The van der Waals surface area contributed by atoms with Crippen molar-refractivity contribution < 1.29 is 19.4 Å². The fraction of sp³-hybridized carbons (Fsp3) is 0.462. The van der Waals surface area contributed by atoms with Gasteiger partial charge in [-0.2, -0.15) is 0 Å². The van der Waals surface area contributed by atoms with Gasteiger partial charge in [0.1, 0.15) is 0 Å². The second kappa shape index (κ2) is 5.29. The van der Waals surface area contributed by atoms with Crippen molar-refractivity contribution in [2.45, 2.75) is 26.1 Å². The lowest BCUT2D eigenvalue weighted by Gasteiger charge is -2.21. The van der Waals surface area contributed by atoms with Gasteiger partial charge >= 0.3 is 5.97 Å². The summed E-state index contributed by atoms with van der Waals surface area (Å²) in [4.78, 5) is 11.5. The van der Waals surface area contributed by atoms with E-state index in [1.807, 2.05) is 12.1 Å². The number of esters is 1. The van der Waals surface area contributed by atoms with E-state index < -0.39 is 12.1 Å². The summed E-state index contributed by atoms with van der Waals surface area (Å²) in [5.41, 5.74) is 2.70. The van der Waals surface area contributed by atoms with Gasteiger partial charge in [0.15, 0.2) is 6.10 Å². The third-order valence-corrected chi connectivity index (χ3v) is 2.87. The SMILES string of the molecule is CCOC(=O)C(O)c1cccc2c1CCOC2. The Balaban J connectivity index is 2.28. The van der Waals surface area contributed by atoms with E-state index >= 15 is 0 Å². The summed E-state index contributed by atoms with van der Waals surface area (Å²) < 4.78 is 10.2. The van der Waals surface area contributed by atoms with E-state index in [-0.39, 0.29) is 6.61 Å². The standard InChI is InChI=1S/C13H16O4/c1-2-17-13(15)12(14)11-5-3-4-9-8-16-7-6-10(9)11/h3-5,12,14H,2,6-8H2,1H3. The average molecular weight is 236 g/mol. The van der Waals surface area contributed by atoms with Crippen LogP contribution in [0.25, 0.3) is 0 Å². The molecular formula is C13H16O4. The number of fused-ring (bicyclic) bond motifs is 1. The van der Waals surface area contributed by atoms with Gasteiger partial charge in [0.05, 0.1) is 19.8 Å². The average Bonchev–Trinajstić information content (AvgIpc) is 2.37. The van der Waals surface area contributed by atoms with Crippen molar-refractivity contribution in [1.29, 1.82) is 0 Å². The van der Waals surface area contributed by atoms with Gasteiger partial charge in [-0.3, -0.25) is 0 Å². The molecule has 2 rings (SSSR count). The predicted octanol–water partition coefficient (Wildman–Crippen LogP) is 1.36. The summed E-state index contributed by atoms with van der Waals surface area (Å²) in [7, 11) is 0. The lowest BCUT2D eigenvalue weighted by Crippen LogP contribution is -2.20. The van der Waals surface area contributed by atoms with Gasteiger partial charge in [-0.1, -0.05) is 18.2 Å². The van der Waals surface area contributed by atoms with Crippen molar-refractivity contribution in [2.24, 2.45) is 0 Å². The number of ether oxygens (including phenoxy) is 2. The second-order valence-corrected chi connectivity index (χ2v) is 3.94. The van der Waals surface area contributed by atoms with E-state index in [0.717, 1.165) is 17.5 Å². The minimum atomic E-state index is -1.19. The van der Waals surface area contributed by atoms with Gasteiger partial charge in [0.2, 0.25) is 0 Å². The van der Waals surface area contributed by atoms with Crippen molar-refractivity contribution in [3.8, 4) is 0 Å². The molecule has 0 saturated carbocycles. The molecule has 1 unspecified atom stereocenters. The molecule has 17 heavy (non-hydrogen) atoms. The number of hydrogen-bond acceptors (Lipinski definition) is 4. The van der Waals surface area contributed by atoms with E-state index in [9.17, 15) is 9.90 Å². The van der Waals surface area contributed by atoms with Crippen molar-refractivity contribution in [3.05, 3.63) is 34.9 Å². The fourth-order valence-corrected chi connectivity index (χ4v) is 2.06. The number of benzene rings is 1. The number of carbonyl (C=O) groups is 1. The molecular weight excluding hydrogens is 220 g/mol. The van der Waals surface area contributed by atoms with E-state index in [1.165, 1.54) is 0 Å². The van der Waals surface area contributed by atoms with Gasteiger partial charge in [0, 0.05) is 0 Å². The smallest absolute Gasteiger partial charge is 0.339 e. The molecule has 0 saturated heterocycles. The highest BCUT2D eigenvalue weighted by Crippen LogP contribution is 2.26. The minimum absolute atomic E-state index is 0.272. The van der Waals surface area contributed by atoms with Crippen molar-refractivity contribution in [3.63, 3.8) is 0 Å². The molecule has 92 valence electrons. The minimum Gasteiger partial charge on any atom is -0.464 e. The van der Waals surface area contributed by atoms with Crippen LogP contribution in [-0.4, -0.2) is 24.3 Å². The van der Waals surface area contributed by atoms with Crippen LogP contribution in [0.3, 0.4) is 0 Å². The maximum atomic E-state index is 11.5. The zero-order valence-corrected chi connectivity index (χ0v) is 9.81. The molecule has 1 N–H and O–H groups in total. The Kier molecular flexibility index (Phi) is 3.76. The normalized spacial score (nSPS) is 16.1. The summed E-state index contributed by atoms with van der Waals surface area (Å²) in [6, 6.07) is 5.55. The molecule has 1 aromatic carbocycles. The molecule has 1 aliphatic rings. The van der Waals surface area contributed by atoms with Gasteiger partial charge < -0.3 is 14.6 Å². The summed E-state index contributed by atoms with van der Waals surface area (Å²) in [6.45, 7) is 3.16. The number of hydrogen-bond donors (Lipinski definition) is 1. The maximum Gasteiger partial charge on any atom is 0.339 e. The Morgan fingerprint density at radius 1 is 1.59 bits per heavy atom. The van der Waals surface area contributed by atoms with Crippen LogP contribution in [0.1, 0.15) is 29.7 Å². The Bertz CT molecular complexity index is 414. The summed E-state index contributed by atoms with van der Waals surface area (Å²) in [6.07, 6.45) is -0.467. The number of aliphatic hydroxyl groups excluding tert-OH is 1. The Hall–Kier alpha value is -1.39. The van der Waals surface area contributed by atoms with Gasteiger partial charge in [0.25, 0.3) is 0 Å². The first kappa shape index (κ1) is 12.1. The molecule has 1 aliphatic heterocycles. The lowest BCUT2D eigenvalue weighted by atomic mass is 9.94. The fourth-order valence-electron chi connectivity index (χ4n) is 2.06. The second-order valence-electron chi connectivity index (χ2n) is 3.94. The number of aliphatic hydroxyl groups is 1. The lowest BCUT2D eigenvalue weighted by molar-refractivity contribution is -0.153. The highest BCUT2D eigenvalue weighted by molar-refractivity contribution is 5.77. The molecule has 0 amide bonds. The molecule has 1 aromatic rings. The molecule has 0 bridgehead atoms. The Morgan fingerprint density at radius 3 is 3.18 bits per heavy atom. The molecule has 1 atom stereocenters. The topological polar surface area (TPSA) is 55.8 Å². The van der Waals surface area contributed by atoms with Gasteiger partial charge in [-0.25, -0.2) is 4.79 Å². The van der Waals surface area contributed by atoms with Gasteiger partial charge in [-0.05, 0) is 30.0 Å². The van der Waals surface area contributed by atoms with Crippen LogP contribution in [0.15, 0.2) is 18.2 Å². The molecule has 0 aliphatic carbocycles. The predicted molar refractivity (Wildman–Crippen MR) is 61.4 cm³/mol. The summed E-state index contributed by atoms with van der Waals surface area (Å²) >= 11 is 0.